The number of benzene rings is 1. The molecule has 15 heavy (non-hydrogen) atoms. The van der Waals surface area contributed by atoms with Gasteiger partial charge in [0.25, 0.3) is 0 Å². The SMILES string of the molecule is COc1ccc2ncc(F)cc2c1C=O. The van der Waals surface area contributed by atoms with Crippen molar-refractivity contribution in [1.82, 2.24) is 4.98 Å². The van der Waals surface area contributed by atoms with E-state index in [4.69, 9.17) is 4.74 Å². The molecule has 0 aliphatic carbocycles. The molecule has 2 rings (SSSR count). The molecule has 2 aromatic rings. The second kappa shape index (κ2) is 3.65. The summed E-state index contributed by atoms with van der Waals surface area (Å²) in [6, 6.07) is 4.59. The zero-order chi connectivity index (χ0) is 10.8. The molecule has 1 aromatic carbocycles. The zero-order valence-corrected chi connectivity index (χ0v) is 8.03. The van der Waals surface area contributed by atoms with E-state index >= 15 is 0 Å². The minimum absolute atomic E-state index is 0.321. The molecule has 0 radical (unpaired) electrons. The summed E-state index contributed by atoms with van der Waals surface area (Å²) in [5.74, 6) is -0.0521. The van der Waals surface area contributed by atoms with Gasteiger partial charge in [-0.3, -0.25) is 9.78 Å². The average Bonchev–Trinajstić information content (AvgIpc) is 2.27. The molecule has 0 saturated heterocycles. The Labute approximate surface area is 85.5 Å². The van der Waals surface area contributed by atoms with Crippen molar-refractivity contribution in [3.63, 3.8) is 0 Å². The molecule has 0 spiro atoms. The van der Waals surface area contributed by atoms with Gasteiger partial charge < -0.3 is 4.74 Å². The van der Waals surface area contributed by atoms with Gasteiger partial charge in [0.2, 0.25) is 0 Å². The first kappa shape index (κ1) is 9.58. The van der Waals surface area contributed by atoms with Gasteiger partial charge in [-0.1, -0.05) is 0 Å². The van der Waals surface area contributed by atoms with E-state index in [9.17, 15) is 9.18 Å². The summed E-state index contributed by atoms with van der Waals surface area (Å²) in [6.45, 7) is 0. The van der Waals surface area contributed by atoms with Crippen LogP contribution in [0.2, 0.25) is 0 Å². The van der Waals surface area contributed by atoms with Gasteiger partial charge >= 0.3 is 0 Å². The largest absolute Gasteiger partial charge is 0.496 e. The normalized spacial score (nSPS) is 10.3. The van der Waals surface area contributed by atoms with Gasteiger partial charge in [0.05, 0.1) is 24.4 Å². The van der Waals surface area contributed by atoms with Gasteiger partial charge in [0.15, 0.2) is 6.29 Å². The van der Waals surface area contributed by atoms with Crippen molar-refractivity contribution in [3.05, 3.63) is 35.8 Å². The van der Waals surface area contributed by atoms with Crippen LogP contribution < -0.4 is 4.74 Å². The molecule has 76 valence electrons. The van der Waals surface area contributed by atoms with E-state index in [1.165, 1.54) is 13.2 Å². The highest BCUT2D eigenvalue weighted by molar-refractivity contribution is 5.99. The molecule has 0 aliphatic rings. The number of fused-ring (bicyclic) bond motifs is 1. The standard InChI is InChI=1S/C11H8FNO2/c1-15-11-3-2-10-8(9(11)6-14)4-7(12)5-13-10/h2-6H,1H3. The van der Waals surface area contributed by atoms with Crippen LogP contribution in [0, 0.1) is 5.82 Å². The van der Waals surface area contributed by atoms with Gasteiger partial charge in [-0.25, -0.2) is 4.39 Å². The van der Waals surface area contributed by atoms with Crippen LogP contribution in [0.5, 0.6) is 5.75 Å². The number of nitrogens with zero attached hydrogens (tertiary/aromatic N) is 1. The molecule has 0 aliphatic heterocycles. The molecule has 1 heterocycles. The lowest BCUT2D eigenvalue weighted by molar-refractivity contribution is 0.112. The van der Waals surface area contributed by atoms with Crippen LogP contribution in [-0.4, -0.2) is 18.4 Å². The Morgan fingerprint density at radius 2 is 2.27 bits per heavy atom. The number of ether oxygens (including phenoxy) is 1. The predicted molar refractivity (Wildman–Crippen MR) is 53.6 cm³/mol. The van der Waals surface area contributed by atoms with Crippen LogP contribution in [0.1, 0.15) is 10.4 Å². The van der Waals surface area contributed by atoms with Gasteiger partial charge in [-0.05, 0) is 18.2 Å². The minimum Gasteiger partial charge on any atom is -0.496 e. The first-order valence-electron chi connectivity index (χ1n) is 4.33. The van der Waals surface area contributed by atoms with Crippen LogP contribution >= 0.6 is 0 Å². The molecule has 0 amide bonds. The number of pyridine rings is 1. The van der Waals surface area contributed by atoms with Crippen molar-refractivity contribution in [3.8, 4) is 5.75 Å². The van der Waals surface area contributed by atoms with Crippen molar-refractivity contribution in [2.24, 2.45) is 0 Å². The summed E-state index contributed by atoms with van der Waals surface area (Å²) >= 11 is 0. The van der Waals surface area contributed by atoms with Crippen LogP contribution in [0.4, 0.5) is 4.39 Å². The molecule has 4 heteroatoms. The topological polar surface area (TPSA) is 39.2 Å². The third kappa shape index (κ3) is 1.54. The van der Waals surface area contributed by atoms with Gasteiger partial charge in [0.1, 0.15) is 11.6 Å². The molecule has 1 aromatic heterocycles. The fourth-order valence-electron chi connectivity index (χ4n) is 1.48. The molecule has 0 saturated carbocycles. The van der Waals surface area contributed by atoms with E-state index in [2.05, 4.69) is 4.98 Å². The van der Waals surface area contributed by atoms with Crippen molar-refractivity contribution in [2.45, 2.75) is 0 Å². The summed E-state index contributed by atoms with van der Waals surface area (Å²) in [5.41, 5.74) is 0.890. The first-order chi connectivity index (χ1) is 7.26. The third-order valence-corrected chi connectivity index (χ3v) is 2.17. The summed E-state index contributed by atoms with van der Waals surface area (Å²) in [4.78, 5) is 14.8. The molecule has 0 fully saturated rings. The van der Waals surface area contributed by atoms with Crippen molar-refractivity contribution in [1.29, 1.82) is 0 Å². The second-order valence-electron chi connectivity index (χ2n) is 3.02. The van der Waals surface area contributed by atoms with Crippen LogP contribution in [0.3, 0.4) is 0 Å². The lowest BCUT2D eigenvalue weighted by atomic mass is 10.1. The van der Waals surface area contributed by atoms with Crippen molar-refractivity contribution >= 4 is 17.2 Å². The van der Waals surface area contributed by atoms with Crippen LogP contribution in [0.25, 0.3) is 10.9 Å². The number of hydrogen-bond acceptors (Lipinski definition) is 3. The molecular weight excluding hydrogens is 197 g/mol. The summed E-state index contributed by atoms with van der Waals surface area (Å²) in [7, 11) is 1.46. The van der Waals surface area contributed by atoms with E-state index in [1.54, 1.807) is 12.1 Å². The van der Waals surface area contributed by atoms with E-state index in [-0.39, 0.29) is 0 Å². The highest BCUT2D eigenvalue weighted by atomic mass is 19.1. The average molecular weight is 205 g/mol. The maximum absolute atomic E-state index is 13.0. The number of methoxy groups -OCH3 is 1. The quantitative estimate of drug-likeness (QED) is 0.705. The molecular formula is C11H8FNO2. The highest BCUT2D eigenvalue weighted by Gasteiger charge is 2.08. The maximum Gasteiger partial charge on any atom is 0.154 e. The number of hydrogen-bond donors (Lipinski definition) is 0. The Kier molecular flexibility index (Phi) is 2.33. The van der Waals surface area contributed by atoms with E-state index in [0.29, 0.717) is 28.5 Å². The molecule has 0 unspecified atom stereocenters. The number of carbonyl (C=O) groups is 1. The fraction of sp³-hybridized carbons (Fsp3) is 0.0909. The fourth-order valence-corrected chi connectivity index (χ4v) is 1.48. The summed E-state index contributed by atoms with van der Waals surface area (Å²) in [6.07, 6.45) is 1.76. The van der Waals surface area contributed by atoms with E-state index in [0.717, 1.165) is 6.20 Å². The predicted octanol–water partition coefficient (Wildman–Crippen LogP) is 2.20. The minimum atomic E-state index is -0.473. The number of aromatic nitrogens is 1. The monoisotopic (exact) mass is 205 g/mol. The van der Waals surface area contributed by atoms with Crippen molar-refractivity contribution < 1.29 is 13.9 Å². The first-order valence-corrected chi connectivity index (χ1v) is 4.33. The second-order valence-corrected chi connectivity index (χ2v) is 3.02. The Hall–Kier alpha value is -1.97. The molecule has 0 N–H and O–H groups in total. The third-order valence-electron chi connectivity index (χ3n) is 2.17. The number of carbonyl (C=O) groups excluding carboxylic acids is 1. The Morgan fingerprint density at radius 1 is 1.47 bits per heavy atom. The Morgan fingerprint density at radius 3 is 2.93 bits per heavy atom. The Balaban J connectivity index is 2.84. The lowest BCUT2D eigenvalue weighted by Crippen LogP contribution is -1.93. The van der Waals surface area contributed by atoms with Crippen molar-refractivity contribution in [2.75, 3.05) is 7.11 Å². The van der Waals surface area contributed by atoms with Gasteiger partial charge in [0, 0.05) is 5.39 Å². The Bertz CT molecular complexity index is 525. The number of aldehydes is 1. The smallest absolute Gasteiger partial charge is 0.154 e. The van der Waals surface area contributed by atoms with E-state index in [1.807, 2.05) is 0 Å². The number of rotatable bonds is 2. The molecule has 3 nitrogen and oxygen atoms in total. The van der Waals surface area contributed by atoms with E-state index < -0.39 is 5.82 Å². The van der Waals surface area contributed by atoms with Crippen LogP contribution in [0.15, 0.2) is 24.4 Å². The zero-order valence-electron chi connectivity index (χ0n) is 8.03. The van der Waals surface area contributed by atoms with Gasteiger partial charge in [-0.15, -0.1) is 0 Å². The maximum atomic E-state index is 13.0. The molecule has 0 bridgehead atoms. The highest BCUT2D eigenvalue weighted by Crippen LogP contribution is 2.25. The number of halogens is 1. The van der Waals surface area contributed by atoms with Crippen LogP contribution in [-0.2, 0) is 0 Å². The lowest BCUT2D eigenvalue weighted by Gasteiger charge is -2.06. The summed E-state index contributed by atoms with van der Waals surface area (Å²) in [5, 5.41) is 0.462. The summed E-state index contributed by atoms with van der Waals surface area (Å²) < 4.78 is 18.0. The van der Waals surface area contributed by atoms with Gasteiger partial charge in [-0.2, -0.15) is 0 Å². The molecule has 0 atom stereocenters.